The molecule has 0 bridgehead atoms. The molecule has 27 heavy (non-hydrogen) atoms. The summed E-state index contributed by atoms with van der Waals surface area (Å²) in [5.74, 6) is 0.915. The maximum atomic E-state index is 8.73. The molecule has 0 radical (unpaired) electrons. The van der Waals surface area contributed by atoms with Crippen molar-refractivity contribution in [1.29, 1.82) is 0 Å². The molecule has 3 heteroatoms. The number of aliphatic hydroxyl groups is 1. The van der Waals surface area contributed by atoms with E-state index in [1.54, 1.807) is 6.26 Å². The van der Waals surface area contributed by atoms with Gasteiger partial charge in [0.2, 0.25) is 0 Å². The summed E-state index contributed by atoms with van der Waals surface area (Å²) in [6.07, 6.45) is 27.7. The first-order valence-corrected chi connectivity index (χ1v) is 11.6. The van der Waals surface area contributed by atoms with Crippen LogP contribution in [0.15, 0.2) is 22.8 Å². The number of hydrogen-bond donors (Lipinski definition) is 1. The first-order valence-electron chi connectivity index (χ1n) is 11.6. The highest BCUT2D eigenvalue weighted by Gasteiger charge is 2.01. The van der Waals surface area contributed by atoms with Gasteiger partial charge >= 0.3 is 0 Å². The Morgan fingerprint density at radius 3 is 1.81 bits per heavy atom. The third-order valence-electron chi connectivity index (χ3n) is 5.17. The van der Waals surface area contributed by atoms with Gasteiger partial charge in [0.25, 0.3) is 0 Å². The lowest BCUT2D eigenvalue weighted by Gasteiger charge is -2.00. The van der Waals surface area contributed by atoms with Crippen LogP contribution in [0.2, 0.25) is 0 Å². The number of oxazole rings is 1. The normalized spacial score (nSPS) is 11.6. The molecule has 156 valence electrons. The lowest BCUT2D eigenvalue weighted by molar-refractivity contribution is 0.282. The van der Waals surface area contributed by atoms with E-state index < -0.39 is 0 Å². The Morgan fingerprint density at radius 1 is 0.778 bits per heavy atom. The molecule has 1 aromatic heterocycles. The molecule has 1 heterocycles. The van der Waals surface area contributed by atoms with E-state index in [-0.39, 0.29) is 0 Å². The van der Waals surface area contributed by atoms with Gasteiger partial charge in [0.05, 0.1) is 5.69 Å². The molecule has 0 aliphatic rings. The van der Waals surface area contributed by atoms with E-state index in [0.29, 0.717) is 6.61 Å². The van der Waals surface area contributed by atoms with E-state index in [1.165, 1.54) is 89.9 Å². The molecule has 0 aliphatic carbocycles. The summed E-state index contributed by atoms with van der Waals surface area (Å²) in [4.78, 5) is 4.46. The molecule has 3 nitrogen and oxygen atoms in total. The molecular formula is C24H43NO2. The first kappa shape index (κ1) is 23.9. The predicted octanol–water partition coefficient (Wildman–Crippen LogP) is 7.18. The van der Waals surface area contributed by atoms with Crippen LogP contribution < -0.4 is 0 Å². The van der Waals surface area contributed by atoms with Crippen LogP contribution in [0.25, 0.3) is 0 Å². The fraction of sp³-hybridized carbons (Fsp3) is 0.792. The molecule has 0 aliphatic heterocycles. The molecule has 1 aromatic rings. The quantitative estimate of drug-likeness (QED) is 0.205. The molecule has 0 spiro atoms. The number of aliphatic hydroxyl groups excluding tert-OH is 1. The van der Waals surface area contributed by atoms with E-state index in [2.05, 4.69) is 24.1 Å². The van der Waals surface area contributed by atoms with Crippen molar-refractivity contribution in [2.24, 2.45) is 0 Å². The number of aryl methyl sites for hydroxylation is 2. The highest BCUT2D eigenvalue weighted by Crippen LogP contribution is 2.12. The van der Waals surface area contributed by atoms with Crippen LogP contribution in [-0.2, 0) is 12.8 Å². The Kier molecular flexibility index (Phi) is 16.2. The highest BCUT2D eigenvalue weighted by atomic mass is 16.3. The summed E-state index contributed by atoms with van der Waals surface area (Å²) >= 11 is 0. The molecule has 0 saturated carbocycles. The summed E-state index contributed by atoms with van der Waals surface area (Å²) in [5.41, 5.74) is 1.08. The van der Waals surface area contributed by atoms with Crippen molar-refractivity contribution in [2.45, 2.75) is 116 Å². The molecule has 1 rings (SSSR count). The topological polar surface area (TPSA) is 46.3 Å². The standard InChI is InChI=1S/C24H43NO2/c1-2-23-22-27-24(25-23)20-18-16-14-12-10-8-6-4-3-5-7-9-11-13-15-17-19-21-26/h3-4,22,26H,2,5-21H2,1H3/b4-3-. The monoisotopic (exact) mass is 377 g/mol. The smallest absolute Gasteiger partial charge is 0.194 e. The minimum absolute atomic E-state index is 0.355. The van der Waals surface area contributed by atoms with E-state index in [1.807, 2.05) is 0 Å². The molecular weight excluding hydrogens is 334 g/mol. The van der Waals surface area contributed by atoms with Crippen molar-refractivity contribution < 1.29 is 9.52 Å². The van der Waals surface area contributed by atoms with Gasteiger partial charge in [-0.15, -0.1) is 0 Å². The van der Waals surface area contributed by atoms with Crippen LogP contribution in [0.5, 0.6) is 0 Å². The maximum absolute atomic E-state index is 8.73. The van der Waals surface area contributed by atoms with Crippen molar-refractivity contribution in [3.8, 4) is 0 Å². The van der Waals surface area contributed by atoms with Gasteiger partial charge in [-0.25, -0.2) is 4.98 Å². The van der Waals surface area contributed by atoms with Gasteiger partial charge < -0.3 is 9.52 Å². The Labute approximate surface area is 167 Å². The molecule has 0 saturated heterocycles. The SMILES string of the molecule is CCc1coc(CCCCCCCC/C=C\CCCCCCCCCO)n1. The van der Waals surface area contributed by atoms with E-state index in [4.69, 9.17) is 9.52 Å². The molecule has 0 amide bonds. The minimum atomic E-state index is 0.355. The number of allylic oxidation sites excluding steroid dienone is 2. The summed E-state index contributed by atoms with van der Waals surface area (Å²) in [7, 11) is 0. The van der Waals surface area contributed by atoms with Gasteiger partial charge in [0.1, 0.15) is 6.26 Å². The number of hydrogen-bond acceptors (Lipinski definition) is 3. The van der Waals surface area contributed by atoms with Crippen molar-refractivity contribution in [2.75, 3.05) is 6.61 Å². The fourth-order valence-corrected chi connectivity index (χ4v) is 3.37. The fourth-order valence-electron chi connectivity index (χ4n) is 3.37. The zero-order valence-electron chi connectivity index (χ0n) is 17.8. The summed E-state index contributed by atoms with van der Waals surface area (Å²) in [6.45, 7) is 2.47. The van der Waals surface area contributed by atoms with Gasteiger partial charge in [-0.05, 0) is 44.9 Å². The average molecular weight is 378 g/mol. The first-order chi connectivity index (χ1) is 13.4. The van der Waals surface area contributed by atoms with Crippen LogP contribution >= 0.6 is 0 Å². The second-order valence-corrected chi connectivity index (χ2v) is 7.70. The molecule has 0 atom stereocenters. The van der Waals surface area contributed by atoms with Crippen molar-refractivity contribution in [3.63, 3.8) is 0 Å². The molecule has 1 N–H and O–H groups in total. The third kappa shape index (κ3) is 14.6. The zero-order valence-corrected chi connectivity index (χ0v) is 17.8. The molecule has 0 unspecified atom stereocenters. The van der Waals surface area contributed by atoms with Crippen LogP contribution in [0, 0.1) is 0 Å². The van der Waals surface area contributed by atoms with Crippen LogP contribution in [-0.4, -0.2) is 16.7 Å². The predicted molar refractivity (Wildman–Crippen MR) is 115 cm³/mol. The van der Waals surface area contributed by atoms with Crippen LogP contribution in [0.3, 0.4) is 0 Å². The van der Waals surface area contributed by atoms with E-state index >= 15 is 0 Å². The van der Waals surface area contributed by atoms with Gasteiger partial charge in [-0.3, -0.25) is 0 Å². The van der Waals surface area contributed by atoms with Crippen LogP contribution in [0.4, 0.5) is 0 Å². The summed E-state index contributed by atoms with van der Waals surface area (Å²) in [5, 5.41) is 8.73. The number of rotatable bonds is 19. The van der Waals surface area contributed by atoms with Crippen molar-refractivity contribution >= 4 is 0 Å². The largest absolute Gasteiger partial charge is 0.449 e. The average Bonchev–Trinajstić information content (AvgIpc) is 3.15. The van der Waals surface area contributed by atoms with Gasteiger partial charge in [-0.1, -0.05) is 76.9 Å². The second-order valence-electron chi connectivity index (χ2n) is 7.70. The Morgan fingerprint density at radius 2 is 1.30 bits per heavy atom. The Balaban J connectivity index is 1.76. The highest BCUT2D eigenvalue weighted by molar-refractivity contribution is 4.95. The number of nitrogens with zero attached hydrogens (tertiary/aromatic N) is 1. The Hall–Kier alpha value is -1.09. The molecule has 0 fully saturated rings. The lowest BCUT2D eigenvalue weighted by Crippen LogP contribution is -1.88. The third-order valence-corrected chi connectivity index (χ3v) is 5.17. The van der Waals surface area contributed by atoms with E-state index in [0.717, 1.165) is 30.8 Å². The molecule has 0 aromatic carbocycles. The second kappa shape index (κ2) is 18.3. The van der Waals surface area contributed by atoms with Gasteiger partial charge in [0, 0.05) is 13.0 Å². The summed E-state index contributed by atoms with van der Waals surface area (Å²) < 4.78 is 5.46. The number of aromatic nitrogens is 1. The number of unbranched alkanes of at least 4 members (excludes halogenated alkanes) is 13. The Bertz CT molecular complexity index is 453. The van der Waals surface area contributed by atoms with Gasteiger partial charge in [0.15, 0.2) is 5.89 Å². The van der Waals surface area contributed by atoms with E-state index in [9.17, 15) is 0 Å². The zero-order chi connectivity index (χ0) is 19.4. The van der Waals surface area contributed by atoms with Gasteiger partial charge in [-0.2, -0.15) is 0 Å². The lowest BCUT2D eigenvalue weighted by atomic mass is 10.1. The van der Waals surface area contributed by atoms with Crippen molar-refractivity contribution in [3.05, 3.63) is 30.0 Å². The summed E-state index contributed by atoms with van der Waals surface area (Å²) in [6, 6.07) is 0. The maximum Gasteiger partial charge on any atom is 0.194 e. The minimum Gasteiger partial charge on any atom is -0.449 e. The van der Waals surface area contributed by atoms with Crippen molar-refractivity contribution in [1.82, 2.24) is 4.98 Å². The van der Waals surface area contributed by atoms with Crippen LogP contribution in [0.1, 0.15) is 115 Å².